The second-order valence-corrected chi connectivity index (χ2v) is 5.05. The van der Waals surface area contributed by atoms with Crippen molar-refractivity contribution < 1.29 is 9.47 Å². The molecule has 3 heteroatoms. The highest BCUT2D eigenvalue weighted by Gasteiger charge is 2.33. The number of benzene rings is 2. The molecule has 1 aliphatic carbocycles. The van der Waals surface area contributed by atoms with Crippen molar-refractivity contribution in [1.82, 2.24) is 0 Å². The lowest BCUT2D eigenvalue weighted by molar-refractivity contribution is 0.355. The Morgan fingerprint density at radius 1 is 1.00 bits per heavy atom. The number of hydrogen-bond acceptors (Lipinski definition) is 3. The number of hydrogen-bond donors (Lipinski definition) is 0. The minimum atomic E-state index is 0.805. The van der Waals surface area contributed by atoms with E-state index in [0.29, 0.717) is 0 Å². The van der Waals surface area contributed by atoms with E-state index < -0.39 is 0 Å². The van der Waals surface area contributed by atoms with Crippen LogP contribution < -0.4 is 9.47 Å². The average molecular weight is 265 g/mol. The van der Waals surface area contributed by atoms with Gasteiger partial charge in [-0.15, -0.1) is 0 Å². The van der Waals surface area contributed by atoms with Gasteiger partial charge in [-0.1, -0.05) is 24.3 Å². The van der Waals surface area contributed by atoms with Crippen molar-refractivity contribution in [2.75, 3.05) is 20.8 Å². The normalized spacial score (nSPS) is 14.4. The van der Waals surface area contributed by atoms with Crippen LogP contribution in [0, 0.1) is 0 Å². The van der Waals surface area contributed by atoms with Crippen LogP contribution in [0.2, 0.25) is 0 Å². The maximum Gasteiger partial charge on any atom is 0.169 e. The Bertz CT molecular complexity index is 747. The standard InChI is InChI=1S/C17H15NO2/c1-19-13-9-10-7-8-18-16-12-6-4-3-5-11(12)15(14(10)16)17(13)20-2/h3-6,9H,7-8H2,1-2H3. The molecular formula is C17H15NO2. The maximum atomic E-state index is 5.63. The van der Waals surface area contributed by atoms with Crippen LogP contribution in [-0.2, 0) is 6.42 Å². The quantitative estimate of drug-likeness (QED) is 0.713. The SMILES string of the molecule is COc1cc2c3c(c1OC)-c1ccccc1C3=NCC2. The minimum absolute atomic E-state index is 0.805. The molecule has 0 fully saturated rings. The smallest absolute Gasteiger partial charge is 0.169 e. The van der Waals surface area contributed by atoms with Crippen LogP contribution >= 0.6 is 0 Å². The molecule has 0 radical (unpaired) electrons. The Hall–Kier alpha value is -2.29. The Labute approximate surface area is 117 Å². The van der Waals surface area contributed by atoms with E-state index >= 15 is 0 Å². The molecule has 1 aliphatic heterocycles. The maximum absolute atomic E-state index is 5.63. The van der Waals surface area contributed by atoms with Gasteiger partial charge in [0.25, 0.3) is 0 Å². The zero-order chi connectivity index (χ0) is 13.7. The molecule has 0 N–H and O–H groups in total. The molecule has 0 saturated carbocycles. The van der Waals surface area contributed by atoms with E-state index in [1.54, 1.807) is 14.2 Å². The minimum Gasteiger partial charge on any atom is -0.493 e. The van der Waals surface area contributed by atoms with Gasteiger partial charge in [0.15, 0.2) is 11.5 Å². The van der Waals surface area contributed by atoms with E-state index in [1.807, 2.05) is 0 Å². The summed E-state index contributed by atoms with van der Waals surface area (Å²) in [4.78, 5) is 4.73. The summed E-state index contributed by atoms with van der Waals surface area (Å²) in [5.41, 5.74) is 7.18. The number of nitrogens with zero attached hydrogens (tertiary/aromatic N) is 1. The van der Waals surface area contributed by atoms with Gasteiger partial charge in [-0.3, -0.25) is 4.99 Å². The zero-order valence-corrected chi connectivity index (χ0v) is 11.6. The molecule has 0 spiro atoms. The fourth-order valence-corrected chi connectivity index (χ4v) is 3.27. The molecule has 0 saturated heterocycles. The predicted molar refractivity (Wildman–Crippen MR) is 79.2 cm³/mol. The predicted octanol–water partition coefficient (Wildman–Crippen LogP) is 3.08. The first-order chi connectivity index (χ1) is 9.85. The lowest BCUT2D eigenvalue weighted by Crippen LogP contribution is -2.11. The van der Waals surface area contributed by atoms with Gasteiger partial charge in [-0.25, -0.2) is 0 Å². The number of aliphatic imine (C=N–C) groups is 1. The van der Waals surface area contributed by atoms with Crippen molar-refractivity contribution in [2.45, 2.75) is 6.42 Å². The number of rotatable bonds is 2. The number of fused-ring (bicyclic) bond motifs is 3. The molecular weight excluding hydrogens is 250 g/mol. The Morgan fingerprint density at radius 2 is 1.80 bits per heavy atom. The summed E-state index contributed by atoms with van der Waals surface area (Å²) in [6.07, 6.45) is 0.959. The van der Waals surface area contributed by atoms with E-state index in [2.05, 4.69) is 30.3 Å². The van der Waals surface area contributed by atoms with Gasteiger partial charge in [-0.2, -0.15) is 0 Å². The number of ether oxygens (including phenoxy) is 2. The van der Waals surface area contributed by atoms with Gasteiger partial charge in [-0.05, 0) is 23.6 Å². The fourth-order valence-electron chi connectivity index (χ4n) is 3.27. The molecule has 0 atom stereocenters. The third-order valence-electron chi connectivity index (χ3n) is 4.09. The van der Waals surface area contributed by atoms with Crippen LogP contribution in [0.15, 0.2) is 35.3 Å². The largest absolute Gasteiger partial charge is 0.493 e. The first-order valence-corrected chi connectivity index (χ1v) is 6.77. The van der Waals surface area contributed by atoms with Crippen molar-refractivity contribution >= 4 is 5.71 Å². The first-order valence-electron chi connectivity index (χ1n) is 6.77. The monoisotopic (exact) mass is 265 g/mol. The molecule has 0 aromatic heterocycles. The molecule has 2 aromatic carbocycles. The summed E-state index contributed by atoms with van der Waals surface area (Å²) in [6, 6.07) is 10.5. The van der Waals surface area contributed by atoms with Gasteiger partial charge < -0.3 is 9.47 Å². The third-order valence-corrected chi connectivity index (χ3v) is 4.09. The van der Waals surface area contributed by atoms with E-state index in [9.17, 15) is 0 Å². The van der Waals surface area contributed by atoms with Gasteiger partial charge in [0.2, 0.25) is 0 Å². The molecule has 0 bridgehead atoms. The zero-order valence-electron chi connectivity index (χ0n) is 11.6. The molecule has 100 valence electrons. The third kappa shape index (κ3) is 1.32. The van der Waals surface area contributed by atoms with E-state index in [0.717, 1.165) is 35.7 Å². The second-order valence-electron chi connectivity index (χ2n) is 5.05. The van der Waals surface area contributed by atoms with Crippen LogP contribution in [0.1, 0.15) is 16.7 Å². The van der Waals surface area contributed by atoms with Gasteiger partial charge >= 0.3 is 0 Å². The summed E-state index contributed by atoms with van der Waals surface area (Å²) in [5.74, 6) is 1.62. The van der Waals surface area contributed by atoms with E-state index in [1.165, 1.54) is 22.3 Å². The van der Waals surface area contributed by atoms with E-state index in [-0.39, 0.29) is 0 Å². The summed E-state index contributed by atoms with van der Waals surface area (Å²) in [6.45, 7) is 0.839. The highest BCUT2D eigenvalue weighted by atomic mass is 16.5. The molecule has 0 amide bonds. The molecule has 0 unspecified atom stereocenters. The first kappa shape index (κ1) is 11.5. The lowest BCUT2D eigenvalue weighted by Gasteiger charge is -2.18. The Morgan fingerprint density at radius 3 is 2.55 bits per heavy atom. The van der Waals surface area contributed by atoms with Crippen molar-refractivity contribution in [3.05, 3.63) is 47.0 Å². The fraction of sp³-hybridized carbons (Fsp3) is 0.235. The van der Waals surface area contributed by atoms with Gasteiger partial charge in [0.05, 0.1) is 19.9 Å². The molecule has 1 heterocycles. The highest BCUT2D eigenvalue weighted by Crippen LogP contribution is 2.49. The topological polar surface area (TPSA) is 30.8 Å². The summed E-state index contributed by atoms with van der Waals surface area (Å²) < 4.78 is 11.1. The molecule has 2 aromatic rings. The summed E-state index contributed by atoms with van der Waals surface area (Å²) in [5, 5.41) is 0. The lowest BCUT2D eigenvalue weighted by atomic mass is 9.95. The number of methoxy groups -OCH3 is 2. The van der Waals surface area contributed by atoms with Crippen molar-refractivity contribution in [3.63, 3.8) is 0 Å². The van der Waals surface area contributed by atoms with E-state index in [4.69, 9.17) is 14.5 Å². The van der Waals surface area contributed by atoms with Crippen LogP contribution in [0.25, 0.3) is 11.1 Å². The Kier molecular flexibility index (Phi) is 2.36. The van der Waals surface area contributed by atoms with Crippen LogP contribution in [0.5, 0.6) is 11.5 Å². The Balaban J connectivity index is 2.16. The van der Waals surface area contributed by atoms with Gasteiger partial charge in [0, 0.05) is 23.2 Å². The average Bonchev–Trinajstić information content (AvgIpc) is 2.84. The van der Waals surface area contributed by atoms with Crippen LogP contribution in [0.4, 0.5) is 0 Å². The highest BCUT2D eigenvalue weighted by molar-refractivity contribution is 6.26. The molecule has 3 nitrogen and oxygen atoms in total. The van der Waals surface area contributed by atoms with Crippen molar-refractivity contribution in [1.29, 1.82) is 0 Å². The molecule has 20 heavy (non-hydrogen) atoms. The molecule has 2 aliphatic rings. The molecule has 4 rings (SSSR count). The van der Waals surface area contributed by atoms with Crippen molar-refractivity contribution in [2.24, 2.45) is 4.99 Å². The summed E-state index contributed by atoms with van der Waals surface area (Å²) >= 11 is 0. The van der Waals surface area contributed by atoms with Crippen molar-refractivity contribution in [3.8, 4) is 22.6 Å². The van der Waals surface area contributed by atoms with Gasteiger partial charge in [0.1, 0.15) is 0 Å². The summed E-state index contributed by atoms with van der Waals surface area (Å²) in [7, 11) is 3.39. The van der Waals surface area contributed by atoms with Crippen LogP contribution in [-0.4, -0.2) is 26.5 Å². The second kappa shape index (κ2) is 4.10. The van der Waals surface area contributed by atoms with Crippen LogP contribution in [0.3, 0.4) is 0 Å².